The lowest BCUT2D eigenvalue weighted by atomic mass is 9.51. The van der Waals surface area contributed by atoms with E-state index in [2.05, 4.69) is 26.8 Å². The first-order valence-electron chi connectivity index (χ1n) is 13.0. The zero-order valence-corrected chi connectivity index (χ0v) is 22.4. The van der Waals surface area contributed by atoms with Gasteiger partial charge in [0.15, 0.2) is 9.84 Å². The number of amides is 1. The molecule has 2 aliphatic carbocycles. The lowest BCUT2D eigenvalue weighted by molar-refractivity contribution is -0.148. The number of rotatable bonds is 4. The molecule has 36 heavy (non-hydrogen) atoms. The molecule has 5 rings (SSSR count). The highest BCUT2D eigenvalue weighted by atomic mass is 32.2. The Morgan fingerprint density at radius 2 is 1.92 bits per heavy atom. The predicted molar refractivity (Wildman–Crippen MR) is 137 cm³/mol. The van der Waals surface area contributed by atoms with E-state index >= 15 is 0 Å². The number of fused-ring (bicyclic) bond motifs is 4. The molecule has 2 bridgehead atoms. The minimum Gasteiger partial charge on any atom is -0.508 e. The van der Waals surface area contributed by atoms with E-state index in [9.17, 15) is 22.7 Å². The Kier molecular flexibility index (Phi) is 6.01. The number of benzene rings is 2. The number of aromatic hydroxyl groups is 1. The molecule has 1 amide bonds. The fourth-order valence-corrected chi connectivity index (χ4v) is 9.14. The van der Waals surface area contributed by atoms with Crippen LogP contribution in [0.1, 0.15) is 63.1 Å². The van der Waals surface area contributed by atoms with E-state index in [1.54, 1.807) is 13.0 Å². The summed E-state index contributed by atoms with van der Waals surface area (Å²) in [6.45, 7) is 9.06. The second kappa shape index (κ2) is 8.57. The third-order valence-corrected chi connectivity index (χ3v) is 11.8. The Morgan fingerprint density at radius 1 is 1.17 bits per heavy atom. The van der Waals surface area contributed by atoms with E-state index in [0.717, 1.165) is 18.1 Å². The van der Waals surface area contributed by atoms with E-state index in [-0.39, 0.29) is 45.3 Å². The largest absolute Gasteiger partial charge is 0.508 e. The maximum absolute atomic E-state index is 13.8. The van der Waals surface area contributed by atoms with Gasteiger partial charge in [-0.2, -0.15) is 0 Å². The highest BCUT2D eigenvalue weighted by Gasteiger charge is 2.57. The summed E-state index contributed by atoms with van der Waals surface area (Å²) in [4.78, 5) is 15.9. The summed E-state index contributed by atoms with van der Waals surface area (Å²) in [5.74, 6) is -0.535. The van der Waals surface area contributed by atoms with Crippen LogP contribution in [0.3, 0.4) is 0 Å². The monoisotopic (exact) mass is 513 g/mol. The van der Waals surface area contributed by atoms with Gasteiger partial charge in [-0.25, -0.2) is 12.8 Å². The number of phenols is 1. The summed E-state index contributed by atoms with van der Waals surface area (Å²) in [6.07, 6.45) is 3.33. The molecule has 2 fully saturated rings. The van der Waals surface area contributed by atoms with Crippen molar-refractivity contribution in [2.45, 2.75) is 76.2 Å². The number of likely N-dealkylation sites (tertiary alicyclic amines) is 1. The smallest absolute Gasteiger partial charge is 0.225 e. The highest BCUT2D eigenvalue weighted by molar-refractivity contribution is 7.91. The molecule has 2 aromatic rings. The van der Waals surface area contributed by atoms with E-state index in [1.165, 1.54) is 17.7 Å². The van der Waals surface area contributed by atoms with Crippen LogP contribution in [0.5, 0.6) is 5.75 Å². The highest BCUT2D eigenvalue weighted by Crippen LogP contribution is 2.57. The van der Waals surface area contributed by atoms with Crippen molar-refractivity contribution in [3.8, 4) is 5.75 Å². The zero-order valence-electron chi connectivity index (χ0n) is 21.6. The van der Waals surface area contributed by atoms with Crippen LogP contribution in [-0.4, -0.2) is 42.7 Å². The molecule has 1 unspecified atom stereocenters. The van der Waals surface area contributed by atoms with Crippen molar-refractivity contribution in [2.24, 2.45) is 17.3 Å². The van der Waals surface area contributed by atoms with Crippen molar-refractivity contribution in [3.05, 3.63) is 58.9 Å². The molecule has 1 aliphatic heterocycles. The van der Waals surface area contributed by atoms with Crippen LogP contribution in [0.2, 0.25) is 0 Å². The van der Waals surface area contributed by atoms with Gasteiger partial charge in [-0.1, -0.05) is 39.0 Å². The number of piperidine rings is 1. The molecule has 0 radical (unpaired) electrons. The number of carbonyl (C=O) groups excluding carboxylic acids is 1. The molecule has 7 heteroatoms. The first kappa shape index (κ1) is 25.2. The molecule has 1 saturated heterocycles. The summed E-state index contributed by atoms with van der Waals surface area (Å²) in [7, 11) is -3.64. The molecule has 1 saturated carbocycles. The Bertz CT molecular complexity index is 1320. The average molecular weight is 514 g/mol. The zero-order chi connectivity index (χ0) is 26.0. The van der Waals surface area contributed by atoms with E-state index in [0.29, 0.717) is 43.5 Å². The maximum Gasteiger partial charge on any atom is 0.225 e. The van der Waals surface area contributed by atoms with Gasteiger partial charge in [-0.15, -0.1) is 0 Å². The third kappa shape index (κ3) is 3.85. The fourth-order valence-electron chi connectivity index (χ4n) is 7.18. The minimum absolute atomic E-state index is 0.0257. The average Bonchev–Trinajstić information content (AvgIpc) is 3.25. The Balaban J connectivity index is 1.34. The van der Waals surface area contributed by atoms with E-state index < -0.39 is 15.7 Å². The van der Waals surface area contributed by atoms with Crippen LogP contribution in [0, 0.1) is 30.0 Å². The molecule has 0 aromatic heterocycles. The Hall–Kier alpha value is -2.41. The lowest BCUT2D eigenvalue weighted by Gasteiger charge is -2.61. The molecule has 5 nitrogen and oxygen atoms in total. The van der Waals surface area contributed by atoms with Gasteiger partial charge < -0.3 is 10.0 Å². The number of sulfone groups is 1. The second-order valence-electron chi connectivity index (χ2n) is 11.9. The van der Waals surface area contributed by atoms with Crippen LogP contribution in [-0.2, 0) is 26.5 Å². The normalized spacial score (nSPS) is 29.1. The molecular formula is C29H36FNO4S. The molecule has 0 spiro atoms. The minimum atomic E-state index is -3.64. The van der Waals surface area contributed by atoms with Crippen LogP contribution >= 0.6 is 0 Å². The van der Waals surface area contributed by atoms with Crippen LogP contribution in [0.15, 0.2) is 41.3 Å². The number of hydrogen-bond acceptors (Lipinski definition) is 4. The summed E-state index contributed by atoms with van der Waals surface area (Å²) >= 11 is 0. The summed E-state index contributed by atoms with van der Waals surface area (Å²) < 4.78 is 39.9. The van der Waals surface area contributed by atoms with Crippen LogP contribution in [0.25, 0.3) is 0 Å². The number of phenolic OH excluding ortho intramolecular Hbond substituents is 1. The van der Waals surface area contributed by atoms with Gasteiger partial charge in [-0.3, -0.25) is 4.79 Å². The molecule has 3 aliphatic rings. The first-order chi connectivity index (χ1) is 16.8. The quantitative estimate of drug-likeness (QED) is 0.612. The number of aryl methyl sites for hydroxylation is 1. The van der Waals surface area contributed by atoms with Crippen molar-refractivity contribution >= 4 is 15.7 Å². The molecule has 2 aromatic carbocycles. The Labute approximate surface area is 213 Å². The van der Waals surface area contributed by atoms with Crippen molar-refractivity contribution in [2.75, 3.05) is 12.3 Å². The van der Waals surface area contributed by atoms with Gasteiger partial charge in [0.25, 0.3) is 0 Å². The summed E-state index contributed by atoms with van der Waals surface area (Å²) in [5, 5.41) is 10.6. The first-order valence-corrected chi connectivity index (χ1v) is 14.6. The van der Waals surface area contributed by atoms with Crippen molar-refractivity contribution < 1.29 is 22.7 Å². The number of halogens is 1. The van der Waals surface area contributed by atoms with Gasteiger partial charge in [0.1, 0.15) is 11.6 Å². The molecule has 194 valence electrons. The lowest BCUT2D eigenvalue weighted by Crippen LogP contribution is -2.65. The van der Waals surface area contributed by atoms with Crippen LogP contribution in [0.4, 0.5) is 4.39 Å². The number of nitrogens with zero attached hydrogens (tertiary/aromatic N) is 1. The standard InChI is InChI=1S/C29H36FNO4S/c1-18-8-11-21(30)15-25(18)36(34,35)17-19-9-10-20(14-19)27(33)31-13-12-29(4)23-6-5-7-24(32)22(23)16-26(31)28(29,2)3/h5-8,11,15,19-20,26,32H,9-10,12-14,16-17H2,1-4H3/t19?,20-,26-,29+/m1/s1. The maximum atomic E-state index is 13.8. The number of carbonyl (C=O) groups is 1. The number of hydrogen-bond donors (Lipinski definition) is 1. The van der Waals surface area contributed by atoms with Gasteiger partial charge in [0.2, 0.25) is 5.91 Å². The third-order valence-electron chi connectivity index (χ3n) is 9.74. The molecule has 1 heterocycles. The van der Waals surface area contributed by atoms with Gasteiger partial charge >= 0.3 is 0 Å². The summed E-state index contributed by atoms with van der Waals surface area (Å²) in [6, 6.07) is 9.60. The van der Waals surface area contributed by atoms with Crippen LogP contribution < -0.4 is 0 Å². The SMILES string of the molecule is Cc1ccc(F)cc1S(=O)(=O)CC1CC[C@@H](C(=O)N2CC[C@@]3(C)c4cccc(O)c4C[C@@H]2C3(C)C)C1. The molecule has 1 N–H and O–H groups in total. The summed E-state index contributed by atoms with van der Waals surface area (Å²) in [5.41, 5.74) is 2.37. The van der Waals surface area contributed by atoms with Gasteiger partial charge in [-0.05, 0) is 85.3 Å². The van der Waals surface area contributed by atoms with Crippen molar-refractivity contribution in [3.63, 3.8) is 0 Å². The Morgan fingerprint density at radius 3 is 2.67 bits per heavy atom. The van der Waals surface area contributed by atoms with Gasteiger partial charge in [0.05, 0.1) is 10.6 Å². The second-order valence-corrected chi connectivity index (χ2v) is 13.9. The topological polar surface area (TPSA) is 74.7 Å². The fraction of sp³-hybridized carbons (Fsp3) is 0.552. The molecule has 4 atom stereocenters. The van der Waals surface area contributed by atoms with Gasteiger partial charge in [0, 0.05) is 23.9 Å². The molecular weight excluding hydrogens is 477 g/mol. The van der Waals surface area contributed by atoms with E-state index in [1.807, 2.05) is 11.0 Å². The van der Waals surface area contributed by atoms with Crippen molar-refractivity contribution in [1.29, 1.82) is 0 Å². The van der Waals surface area contributed by atoms with E-state index in [4.69, 9.17) is 0 Å². The predicted octanol–water partition coefficient (Wildman–Crippen LogP) is 5.17. The van der Waals surface area contributed by atoms with Crippen molar-refractivity contribution in [1.82, 2.24) is 4.90 Å².